The molecule has 2 aromatic rings. The Morgan fingerprint density at radius 3 is 2.59 bits per heavy atom. The number of anilines is 1. The lowest BCUT2D eigenvalue weighted by Crippen LogP contribution is -2.36. The number of rotatable bonds is 6. The number of ether oxygens (including phenoxy) is 2. The summed E-state index contributed by atoms with van der Waals surface area (Å²) >= 11 is 5.71. The van der Waals surface area contributed by atoms with E-state index in [0.717, 1.165) is 37.6 Å². The highest BCUT2D eigenvalue weighted by atomic mass is 35.5. The van der Waals surface area contributed by atoms with E-state index in [0.29, 0.717) is 12.3 Å². The SMILES string of the molecule is CN(Cc1ccc(N2CCOCC2)cc1)C(=O)COc1ccc(F)c(Cl)c1. The fourth-order valence-electron chi connectivity index (χ4n) is 2.82. The van der Waals surface area contributed by atoms with E-state index in [1.807, 2.05) is 12.1 Å². The maximum Gasteiger partial charge on any atom is 0.260 e. The number of carbonyl (C=O) groups excluding carboxylic acids is 1. The van der Waals surface area contributed by atoms with Crippen molar-refractivity contribution in [1.29, 1.82) is 0 Å². The van der Waals surface area contributed by atoms with Crippen molar-refractivity contribution in [2.24, 2.45) is 0 Å². The molecule has 5 nitrogen and oxygen atoms in total. The van der Waals surface area contributed by atoms with Gasteiger partial charge in [-0.1, -0.05) is 23.7 Å². The first kappa shape index (κ1) is 19.5. The van der Waals surface area contributed by atoms with E-state index in [9.17, 15) is 9.18 Å². The van der Waals surface area contributed by atoms with Crippen LogP contribution in [0.3, 0.4) is 0 Å². The van der Waals surface area contributed by atoms with Crippen LogP contribution >= 0.6 is 11.6 Å². The maximum absolute atomic E-state index is 13.1. The number of hydrogen-bond donors (Lipinski definition) is 0. The molecule has 1 fully saturated rings. The van der Waals surface area contributed by atoms with Crippen molar-refractivity contribution in [3.05, 3.63) is 58.9 Å². The Balaban J connectivity index is 1.50. The first-order chi connectivity index (χ1) is 13.0. The number of carbonyl (C=O) groups is 1. The summed E-state index contributed by atoms with van der Waals surface area (Å²) in [5.41, 5.74) is 2.19. The number of benzene rings is 2. The van der Waals surface area contributed by atoms with Crippen LogP contribution in [0.15, 0.2) is 42.5 Å². The van der Waals surface area contributed by atoms with E-state index in [4.69, 9.17) is 21.1 Å². The van der Waals surface area contributed by atoms with Crippen LogP contribution in [0, 0.1) is 5.82 Å². The monoisotopic (exact) mass is 392 g/mol. The highest BCUT2D eigenvalue weighted by molar-refractivity contribution is 6.30. The molecule has 1 amide bonds. The van der Waals surface area contributed by atoms with Crippen molar-refractivity contribution < 1.29 is 18.7 Å². The van der Waals surface area contributed by atoms with Crippen LogP contribution < -0.4 is 9.64 Å². The predicted octanol–water partition coefficient (Wildman–Crippen LogP) is 3.35. The van der Waals surface area contributed by atoms with E-state index in [1.54, 1.807) is 11.9 Å². The van der Waals surface area contributed by atoms with Gasteiger partial charge in [-0.3, -0.25) is 4.79 Å². The maximum atomic E-state index is 13.1. The highest BCUT2D eigenvalue weighted by Gasteiger charge is 2.13. The van der Waals surface area contributed by atoms with Gasteiger partial charge in [0.05, 0.1) is 18.2 Å². The van der Waals surface area contributed by atoms with Crippen molar-refractivity contribution >= 4 is 23.2 Å². The smallest absolute Gasteiger partial charge is 0.260 e. The predicted molar refractivity (Wildman–Crippen MR) is 103 cm³/mol. The number of morpholine rings is 1. The molecule has 0 bridgehead atoms. The third-order valence-electron chi connectivity index (χ3n) is 4.41. The first-order valence-electron chi connectivity index (χ1n) is 8.76. The molecule has 7 heteroatoms. The second kappa shape index (κ2) is 9.06. The lowest BCUT2D eigenvalue weighted by atomic mass is 10.1. The number of nitrogens with zero attached hydrogens (tertiary/aromatic N) is 2. The summed E-state index contributed by atoms with van der Waals surface area (Å²) in [5, 5.41) is -0.0336. The lowest BCUT2D eigenvalue weighted by molar-refractivity contribution is -0.132. The molecule has 0 atom stereocenters. The fourth-order valence-corrected chi connectivity index (χ4v) is 2.99. The average Bonchev–Trinajstić information content (AvgIpc) is 2.70. The molecule has 0 aromatic heterocycles. The molecule has 2 aromatic carbocycles. The number of amides is 1. The third-order valence-corrected chi connectivity index (χ3v) is 4.70. The van der Waals surface area contributed by atoms with Gasteiger partial charge >= 0.3 is 0 Å². The Morgan fingerprint density at radius 2 is 1.93 bits per heavy atom. The van der Waals surface area contributed by atoms with Gasteiger partial charge in [-0.05, 0) is 29.8 Å². The van der Waals surface area contributed by atoms with Gasteiger partial charge in [0.25, 0.3) is 5.91 Å². The fraction of sp³-hybridized carbons (Fsp3) is 0.350. The summed E-state index contributed by atoms with van der Waals surface area (Å²) in [7, 11) is 1.72. The highest BCUT2D eigenvalue weighted by Crippen LogP contribution is 2.21. The Morgan fingerprint density at radius 1 is 1.22 bits per heavy atom. The molecule has 1 aliphatic heterocycles. The van der Waals surface area contributed by atoms with Crippen LogP contribution in [-0.4, -0.2) is 50.8 Å². The normalized spacial score (nSPS) is 14.1. The van der Waals surface area contributed by atoms with Gasteiger partial charge in [-0.15, -0.1) is 0 Å². The Hall–Kier alpha value is -2.31. The molecule has 144 valence electrons. The van der Waals surface area contributed by atoms with Crippen LogP contribution in [0.2, 0.25) is 5.02 Å². The summed E-state index contributed by atoms with van der Waals surface area (Å²) in [4.78, 5) is 16.1. The van der Waals surface area contributed by atoms with Crippen molar-refractivity contribution in [2.75, 3.05) is 44.9 Å². The molecule has 0 unspecified atom stereocenters. The summed E-state index contributed by atoms with van der Waals surface area (Å²) < 4.78 is 23.9. The largest absolute Gasteiger partial charge is 0.484 e. The second-order valence-corrected chi connectivity index (χ2v) is 6.79. The molecular weight excluding hydrogens is 371 g/mol. The van der Waals surface area contributed by atoms with Gasteiger partial charge in [0.2, 0.25) is 0 Å². The number of halogens is 2. The van der Waals surface area contributed by atoms with Gasteiger partial charge in [0.15, 0.2) is 6.61 Å². The Labute approximate surface area is 163 Å². The molecule has 27 heavy (non-hydrogen) atoms. The Kier molecular flexibility index (Phi) is 6.53. The zero-order valence-electron chi connectivity index (χ0n) is 15.2. The Bertz CT molecular complexity index is 779. The standard InChI is InChI=1S/C20H22ClFN2O3/c1-23(20(25)14-27-17-6-7-19(22)18(21)12-17)13-15-2-4-16(5-3-15)24-8-10-26-11-9-24/h2-7,12H,8-11,13-14H2,1H3. The van der Waals surface area contributed by atoms with Crippen molar-refractivity contribution in [3.63, 3.8) is 0 Å². The summed E-state index contributed by atoms with van der Waals surface area (Å²) in [6, 6.07) is 12.2. The lowest BCUT2D eigenvalue weighted by Gasteiger charge is -2.29. The first-order valence-corrected chi connectivity index (χ1v) is 9.14. The van der Waals surface area contributed by atoms with Crippen LogP contribution in [0.25, 0.3) is 0 Å². The molecule has 1 aliphatic rings. The zero-order valence-corrected chi connectivity index (χ0v) is 15.9. The molecular formula is C20H22ClFN2O3. The zero-order chi connectivity index (χ0) is 19.2. The van der Waals surface area contributed by atoms with Gasteiger partial charge in [0, 0.05) is 38.4 Å². The molecule has 0 saturated carbocycles. The van der Waals surface area contributed by atoms with E-state index in [-0.39, 0.29) is 17.5 Å². The summed E-state index contributed by atoms with van der Waals surface area (Å²) in [6.45, 7) is 3.63. The minimum Gasteiger partial charge on any atom is -0.484 e. The molecule has 1 heterocycles. The second-order valence-electron chi connectivity index (χ2n) is 6.38. The molecule has 0 radical (unpaired) electrons. The van der Waals surface area contributed by atoms with Crippen LogP contribution in [0.1, 0.15) is 5.56 Å². The quantitative estimate of drug-likeness (QED) is 0.756. The van der Waals surface area contributed by atoms with Gasteiger partial charge in [0.1, 0.15) is 11.6 Å². The van der Waals surface area contributed by atoms with Gasteiger partial charge in [-0.25, -0.2) is 4.39 Å². The van der Waals surface area contributed by atoms with Crippen LogP contribution in [0.5, 0.6) is 5.75 Å². The number of likely N-dealkylation sites (N-methyl/N-ethyl adjacent to an activating group) is 1. The van der Waals surface area contributed by atoms with Crippen molar-refractivity contribution in [2.45, 2.75) is 6.54 Å². The molecule has 1 saturated heterocycles. The molecule has 3 rings (SSSR count). The third kappa shape index (κ3) is 5.34. The minimum absolute atomic E-state index is 0.0336. The minimum atomic E-state index is -0.520. The van der Waals surface area contributed by atoms with Crippen molar-refractivity contribution in [3.8, 4) is 5.75 Å². The topological polar surface area (TPSA) is 42.0 Å². The van der Waals surface area contributed by atoms with Crippen LogP contribution in [-0.2, 0) is 16.1 Å². The summed E-state index contributed by atoms with van der Waals surface area (Å²) in [6.07, 6.45) is 0. The van der Waals surface area contributed by atoms with Gasteiger partial charge < -0.3 is 19.3 Å². The van der Waals surface area contributed by atoms with E-state index in [1.165, 1.54) is 18.2 Å². The van der Waals surface area contributed by atoms with E-state index in [2.05, 4.69) is 17.0 Å². The van der Waals surface area contributed by atoms with Crippen molar-refractivity contribution in [1.82, 2.24) is 4.90 Å². The molecule has 0 N–H and O–H groups in total. The molecule has 0 aliphatic carbocycles. The molecule has 0 spiro atoms. The van der Waals surface area contributed by atoms with E-state index < -0.39 is 5.82 Å². The van der Waals surface area contributed by atoms with Crippen LogP contribution in [0.4, 0.5) is 10.1 Å². The summed E-state index contributed by atoms with van der Waals surface area (Å²) in [5.74, 6) is -0.335. The van der Waals surface area contributed by atoms with E-state index >= 15 is 0 Å². The average molecular weight is 393 g/mol. The van der Waals surface area contributed by atoms with Gasteiger partial charge in [-0.2, -0.15) is 0 Å². The number of hydrogen-bond acceptors (Lipinski definition) is 4.